The lowest BCUT2D eigenvalue weighted by atomic mass is 10.3. The van der Waals surface area contributed by atoms with Gasteiger partial charge in [-0.3, -0.25) is 9.78 Å². The highest BCUT2D eigenvalue weighted by Crippen LogP contribution is 2.26. The van der Waals surface area contributed by atoms with Crippen molar-refractivity contribution >= 4 is 17.7 Å². The summed E-state index contributed by atoms with van der Waals surface area (Å²) in [7, 11) is 0. The maximum absolute atomic E-state index is 11.3. The predicted molar refractivity (Wildman–Crippen MR) is 64.9 cm³/mol. The number of aromatic nitrogens is 3. The van der Waals surface area contributed by atoms with Crippen LogP contribution in [0.1, 0.15) is 16.1 Å². The molecule has 0 saturated heterocycles. The molecular weight excluding hydrogens is 254 g/mol. The Labute approximate surface area is 106 Å². The molecule has 0 unspecified atom stereocenters. The number of carbonyl (C=O) groups is 1. The molecule has 6 nitrogen and oxygen atoms in total. The van der Waals surface area contributed by atoms with Gasteiger partial charge in [-0.25, -0.2) is 9.78 Å². The molecule has 0 saturated carbocycles. The molecule has 0 aliphatic carbocycles. The second-order valence-electron chi connectivity index (χ2n) is 3.47. The van der Waals surface area contributed by atoms with Crippen molar-refractivity contribution in [3.05, 3.63) is 46.1 Å². The molecule has 0 spiro atoms. The van der Waals surface area contributed by atoms with E-state index in [4.69, 9.17) is 5.11 Å². The first-order valence-electron chi connectivity index (χ1n) is 4.99. The fourth-order valence-electron chi connectivity index (χ4n) is 1.34. The average Bonchev–Trinajstić information content (AvgIpc) is 2.27. The van der Waals surface area contributed by atoms with Gasteiger partial charge in [-0.05, 0) is 13.0 Å². The molecule has 0 fully saturated rings. The number of rotatable bonds is 3. The van der Waals surface area contributed by atoms with Crippen LogP contribution in [0.2, 0.25) is 0 Å². The SMILES string of the molecule is Cc1cc(=O)[nH]c(Sc2ccncc2C(=O)O)n1. The number of hydrogen-bond donors (Lipinski definition) is 2. The molecule has 7 heteroatoms. The quantitative estimate of drug-likeness (QED) is 0.811. The summed E-state index contributed by atoms with van der Waals surface area (Å²) >= 11 is 1.08. The van der Waals surface area contributed by atoms with E-state index in [-0.39, 0.29) is 11.1 Å². The van der Waals surface area contributed by atoms with Gasteiger partial charge in [0.1, 0.15) is 0 Å². The summed E-state index contributed by atoms with van der Waals surface area (Å²) in [6.45, 7) is 1.70. The van der Waals surface area contributed by atoms with E-state index in [2.05, 4.69) is 15.0 Å². The maximum Gasteiger partial charge on any atom is 0.338 e. The Morgan fingerprint density at radius 1 is 1.50 bits per heavy atom. The van der Waals surface area contributed by atoms with Gasteiger partial charge in [0, 0.05) is 29.0 Å². The second-order valence-corrected chi connectivity index (χ2v) is 4.50. The molecule has 2 heterocycles. The van der Waals surface area contributed by atoms with E-state index in [0.717, 1.165) is 11.8 Å². The standard InChI is InChI=1S/C11H9N3O3S/c1-6-4-9(15)14-11(13-6)18-8-2-3-12-5-7(8)10(16)17/h2-5H,1H3,(H,16,17)(H,13,14,15). The van der Waals surface area contributed by atoms with E-state index >= 15 is 0 Å². The Bertz CT molecular complexity index is 654. The Balaban J connectivity index is 2.40. The van der Waals surface area contributed by atoms with E-state index < -0.39 is 5.97 Å². The number of H-pyrrole nitrogens is 1. The van der Waals surface area contributed by atoms with Gasteiger partial charge in [0.05, 0.1) is 5.56 Å². The molecule has 0 aliphatic rings. The van der Waals surface area contributed by atoms with E-state index in [1.807, 2.05) is 0 Å². The summed E-state index contributed by atoms with van der Waals surface area (Å²) < 4.78 is 0. The minimum absolute atomic E-state index is 0.0756. The summed E-state index contributed by atoms with van der Waals surface area (Å²) in [5, 5.41) is 9.36. The van der Waals surface area contributed by atoms with Crippen LogP contribution in [0.25, 0.3) is 0 Å². The molecule has 92 valence electrons. The first kappa shape index (κ1) is 12.3. The van der Waals surface area contributed by atoms with E-state index in [1.165, 1.54) is 18.5 Å². The van der Waals surface area contributed by atoms with Crippen LogP contribution >= 0.6 is 11.8 Å². The van der Waals surface area contributed by atoms with Crippen molar-refractivity contribution in [2.75, 3.05) is 0 Å². The van der Waals surface area contributed by atoms with E-state index in [9.17, 15) is 9.59 Å². The molecule has 0 amide bonds. The van der Waals surface area contributed by atoms with Crippen LogP contribution < -0.4 is 5.56 Å². The summed E-state index contributed by atoms with van der Waals surface area (Å²) in [5.41, 5.74) is 0.384. The van der Waals surface area contributed by atoms with E-state index in [1.54, 1.807) is 13.0 Å². The maximum atomic E-state index is 11.3. The van der Waals surface area contributed by atoms with Gasteiger partial charge in [-0.1, -0.05) is 11.8 Å². The number of nitrogens with zero attached hydrogens (tertiary/aromatic N) is 2. The zero-order valence-electron chi connectivity index (χ0n) is 9.38. The summed E-state index contributed by atoms with van der Waals surface area (Å²) in [6, 6.07) is 2.94. The summed E-state index contributed by atoms with van der Waals surface area (Å²) in [5.74, 6) is -1.07. The third-order valence-electron chi connectivity index (χ3n) is 2.07. The molecule has 0 radical (unpaired) electrons. The first-order valence-corrected chi connectivity index (χ1v) is 5.81. The Morgan fingerprint density at radius 2 is 2.28 bits per heavy atom. The predicted octanol–water partition coefficient (Wildman–Crippen LogP) is 1.32. The van der Waals surface area contributed by atoms with Crippen LogP contribution in [0.3, 0.4) is 0 Å². The summed E-state index contributed by atoms with van der Waals surface area (Å²) in [6.07, 6.45) is 2.75. The third-order valence-corrected chi connectivity index (χ3v) is 3.03. The highest BCUT2D eigenvalue weighted by atomic mass is 32.2. The monoisotopic (exact) mass is 263 g/mol. The fourth-order valence-corrected chi connectivity index (χ4v) is 2.26. The van der Waals surface area contributed by atoms with Crippen molar-refractivity contribution in [3.63, 3.8) is 0 Å². The van der Waals surface area contributed by atoms with Crippen molar-refractivity contribution in [2.45, 2.75) is 17.0 Å². The molecule has 2 rings (SSSR count). The Morgan fingerprint density at radius 3 is 2.94 bits per heavy atom. The van der Waals surface area contributed by atoms with Crippen molar-refractivity contribution in [1.29, 1.82) is 0 Å². The number of pyridine rings is 1. The van der Waals surface area contributed by atoms with Gasteiger partial charge >= 0.3 is 5.97 Å². The lowest BCUT2D eigenvalue weighted by molar-refractivity contribution is 0.0692. The van der Waals surface area contributed by atoms with Crippen LogP contribution in [0.4, 0.5) is 0 Å². The highest BCUT2D eigenvalue weighted by Gasteiger charge is 2.12. The van der Waals surface area contributed by atoms with Gasteiger partial charge in [0.25, 0.3) is 5.56 Å². The summed E-state index contributed by atoms with van der Waals surface area (Å²) in [4.78, 5) is 33.2. The number of nitrogens with one attached hydrogen (secondary N) is 1. The molecular formula is C11H9N3O3S. The van der Waals surface area contributed by atoms with Gasteiger partial charge < -0.3 is 10.1 Å². The van der Waals surface area contributed by atoms with Crippen LogP contribution in [0.5, 0.6) is 0 Å². The van der Waals surface area contributed by atoms with Crippen molar-refractivity contribution in [2.24, 2.45) is 0 Å². The number of carboxylic acids is 1. The molecule has 0 aliphatic heterocycles. The zero-order valence-corrected chi connectivity index (χ0v) is 10.2. The topological polar surface area (TPSA) is 95.9 Å². The lowest BCUT2D eigenvalue weighted by Crippen LogP contribution is -2.08. The number of hydrogen-bond acceptors (Lipinski definition) is 5. The smallest absolute Gasteiger partial charge is 0.338 e. The van der Waals surface area contributed by atoms with Gasteiger partial charge in [0.2, 0.25) is 0 Å². The molecule has 2 aromatic heterocycles. The van der Waals surface area contributed by atoms with Crippen LogP contribution in [0.15, 0.2) is 39.4 Å². The lowest BCUT2D eigenvalue weighted by Gasteiger charge is -2.04. The minimum atomic E-state index is -1.07. The number of carboxylic acid groups (broad SMARTS) is 1. The third kappa shape index (κ3) is 2.75. The molecule has 0 bridgehead atoms. The van der Waals surface area contributed by atoms with Gasteiger partial charge in [-0.2, -0.15) is 0 Å². The second kappa shape index (κ2) is 5.01. The van der Waals surface area contributed by atoms with Crippen LogP contribution in [-0.4, -0.2) is 26.0 Å². The zero-order chi connectivity index (χ0) is 13.1. The number of aryl methyl sites for hydroxylation is 1. The van der Waals surface area contributed by atoms with Crippen molar-refractivity contribution in [3.8, 4) is 0 Å². The highest BCUT2D eigenvalue weighted by molar-refractivity contribution is 7.99. The molecule has 2 aromatic rings. The largest absolute Gasteiger partial charge is 0.478 e. The van der Waals surface area contributed by atoms with Crippen molar-refractivity contribution < 1.29 is 9.90 Å². The normalized spacial score (nSPS) is 10.3. The first-order chi connectivity index (χ1) is 8.56. The van der Waals surface area contributed by atoms with Crippen molar-refractivity contribution in [1.82, 2.24) is 15.0 Å². The van der Waals surface area contributed by atoms with Crippen LogP contribution in [0, 0.1) is 6.92 Å². The molecule has 2 N–H and O–H groups in total. The van der Waals surface area contributed by atoms with Crippen LogP contribution in [-0.2, 0) is 0 Å². The molecule has 0 atom stereocenters. The Kier molecular flexibility index (Phi) is 3.42. The van der Waals surface area contributed by atoms with Gasteiger partial charge in [-0.15, -0.1) is 0 Å². The average molecular weight is 263 g/mol. The minimum Gasteiger partial charge on any atom is -0.478 e. The number of aromatic amines is 1. The van der Waals surface area contributed by atoms with E-state index in [0.29, 0.717) is 15.7 Å². The van der Waals surface area contributed by atoms with Gasteiger partial charge in [0.15, 0.2) is 5.16 Å². The molecule has 0 aromatic carbocycles. The Hall–Kier alpha value is -2.15. The number of aromatic carboxylic acids is 1. The fraction of sp³-hybridized carbons (Fsp3) is 0.0909. The molecule has 18 heavy (non-hydrogen) atoms.